The summed E-state index contributed by atoms with van der Waals surface area (Å²) in [7, 11) is 0. The maximum atomic E-state index is 13.2. The molecule has 0 saturated heterocycles. The molecule has 6 heteroatoms. The molecule has 0 spiro atoms. The minimum absolute atomic E-state index is 0.161. The van der Waals surface area contributed by atoms with Gasteiger partial charge < -0.3 is 10.1 Å². The van der Waals surface area contributed by atoms with Crippen molar-refractivity contribution in [1.29, 1.82) is 0 Å². The third-order valence-corrected chi connectivity index (χ3v) is 5.29. The van der Waals surface area contributed by atoms with Gasteiger partial charge in [0.2, 0.25) is 0 Å². The van der Waals surface area contributed by atoms with Gasteiger partial charge in [-0.2, -0.15) is 0 Å². The van der Waals surface area contributed by atoms with Gasteiger partial charge in [-0.15, -0.1) is 0 Å². The highest BCUT2D eigenvalue weighted by Gasteiger charge is 2.39. The molecule has 1 N–H and O–H groups in total. The lowest BCUT2D eigenvalue weighted by Crippen LogP contribution is -2.35. The maximum Gasteiger partial charge on any atom is 0.278 e. The van der Waals surface area contributed by atoms with E-state index in [4.69, 9.17) is 16.3 Å². The topological polar surface area (TPSA) is 58.6 Å². The van der Waals surface area contributed by atoms with Gasteiger partial charge in [-0.3, -0.25) is 14.5 Å². The summed E-state index contributed by atoms with van der Waals surface area (Å²) >= 11 is 6.25. The number of amides is 2. The molecule has 1 heterocycles. The number of imide groups is 1. The first-order valence-electron chi connectivity index (χ1n) is 10.5. The number of anilines is 1. The number of aryl methyl sites for hydroxylation is 1. The van der Waals surface area contributed by atoms with Crippen molar-refractivity contribution in [3.8, 4) is 5.75 Å². The Bertz CT molecular complexity index is 1010. The molecule has 3 rings (SSSR count). The lowest BCUT2D eigenvalue weighted by Gasteiger charge is -2.17. The van der Waals surface area contributed by atoms with Gasteiger partial charge in [-0.25, -0.2) is 0 Å². The molecule has 2 aromatic rings. The first kappa shape index (κ1) is 22.9. The van der Waals surface area contributed by atoms with Crippen LogP contribution < -0.4 is 10.1 Å². The minimum Gasteiger partial charge on any atom is -0.493 e. The molecule has 1 aliphatic rings. The molecule has 2 amide bonds. The largest absolute Gasteiger partial charge is 0.493 e. The molecule has 0 saturated carbocycles. The highest BCUT2D eigenvalue weighted by atomic mass is 35.5. The Morgan fingerprint density at radius 1 is 0.968 bits per heavy atom. The van der Waals surface area contributed by atoms with Crippen LogP contribution in [-0.2, 0) is 9.59 Å². The zero-order chi connectivity index (χ0) is 22.7. The van der Waals surface area contributed by atoms with Crippen molar-refractivity contribution in [1.82, 2.24) is 4.90 Å². The molecular formula is C25H29ClN2O3. The van der Waals surface area contributed by atoms with Gasteiger partial charge in [-0.1, -0.05) is 57.5 Å². The molecule has 1 aliphatic heterocycles. The number of ether oxygens (including phenoxy) is 1. The van der Waals surface area contributed by atoms with Crippen molar-refractivity contribution >= 4 is 34.7 Å². The number of nitrogens with one attached hydrogen (secondary N) is 1. The molecule has 0 unspecified atom stereocenters. The van der Waals surface area contributed by atoms with Crippen LogP contribution >= 0.6 is 11.6 Å². The van der Waals surface area contributed by atoms with E-state index in [9.17, 15) is 9.59 Å². The first-order valence-corrected chi connectivity index (χ1v) is 10.9. The highest BCUT2D eigenvalue weighted by molar-refractivity contribution is 6.36. The molecular weight excluding hydrogens is 412 g/mol. The Morgan fingerprint density at radius 3 is 2.23 bits per heavy atom. The molecule has 2 aromatic carbocycles. The summed E-state index contributed by atoms with van der Waals surface area (Å²) in [6, 6.07) is 12.8. The monoisotopic (exact) mass is 440 g/mol. The molecule has 5 nitrogen and oxygen atoms in total. The van der Waals surface area contributed by atoms with Crippen LogP contribution in [-0.4, -0.2) is 29.9 Å². The van der Waals surface area contributed by atoms with Crippen molar-refractivity contribution in [2.45, 2.75) is 34.6 Å². The van der Waals surface area contributed by atoms with E-state index in [-0.39, 0.29) is 23.4 Å². The fourth-order valence-corrected chi connectivity index (χ4v) is 3.47. The molecule has 0 aliphatic carbocycles. The predicted octanol–water partition coefficient (Wildman–Crippen LogP) is 5.53. The Labute approximate surface area is 189 Å². The third kappa shape index (κ3) is 5.28. The summed E-state index contributed by atoms with van der Waals surface area (Å²) in [5, 5.41) is 3.74. The van der Waals surface area contributed by atoms with Crippen LogP contribution in [0.2, 0.25) is 5.02 Å². The quantitative estimate of drug-likeness (QED) is 0.548. The fourth-order valence-electron chi connectivity index (χ4n) is 3.29. The summed E-state index contributed by atoms with van der Waals surface area (Å²) < 4.78 is 5.75. The highest BCUT2D eigenvalue weighted by Crippen LogP contribution is 2.32. The van der Waals surface area contributed by atoms with Gasteiger partial charge in [0.15, 0.2) is 0 Å². The van der Waals surface area contributed by atoms with Crippen molar-refractivity contribution in [3.63, 3.8) is 0 Å². The number of hydrogen-bond acceptors (Lipinski definition) is 4. The summed E-state index contributed by atoms with van der Waals surface area (Å²) in [5.74, 6) is 0.682. The molecule has 0 atom stereocenters. The van der Waals surface area contributed by atoms with Crippen molar-refractivity contribution in [2.24, 2.45) is 11.8 Å². The zero-order valence-corrected chi connectivity index (χ0v) is 19.4. The van der Waals surface area contributed by atoms with Crippen LogP contribution in [0.25, 0.3) is 5.57 Å². The maximum absolute atomic E-state index is 13.2. The van der Waals surface area contributed by atoms with E-state index in [0.717, 1.165) is 11.3 Å². The minimum atomic E-state index is -0.328. The van der Waals surface area contributed by atoms with E-state index in [1.807, 2.05) is 57.2 Å². The van der Waals surface area contributed by atoms with Crippen LogP contribution in [0.3, 0.4) is 0 Å². The smallest absolute Gasteiger partial charge is 0.278 e. The average molecular weight is 441 g/mol. The number of rotatable bonds is 8. The van der Waals surface area contributed by atoms with E-state index in [1.54, 1.807) is 6.07 Å². The van der Waals surface area contributed by atoms with Crippen molar-refractivity contribution < 1.29 is 14.3 Å². The zero-order valence-electron chi connectivity index (χ0n) is 18.7. The van der Waals surface area contributed by atoms with E-state index in [1.165, 1.54) is 4.90 Å². The Hall–Kier alpha value is -2.79. The SMILES string of the molecule is Cc1ccc(NC2=C(c3ccc(OCC(C)C)cc3)C(=O)N(CC(C)C)C2=O)cc1Cl. The van der Waals surface area contributed by atoms with Gasteiger partial charge in [0.25, 0.3) is 11.8 Å². The normalized spacial score (nSPS) is 14.3. The first-order chi connectivity index (χ1) is 14.7. The van der Waals surface area contributed by atoms with Crippen molar-refractivity contribution in [2.75, 3.05) is 18.5 Å². The molecule has 0 fully saturated rings. The molecule has 0 aromatic heterocycles. The summed E-state index contributed by atoms with van der Waals surface area (Å²) in [5.41, 5.74) is 2.89. The Morgan fingerprint density at radius 2 is 1.65 bits per heavy atom. The molecule has 0 bridgehead atoms. The van der Waals surface area contributed by atoms with Gasteiger partial charge >= 0.3 is 0 Å². The summed E-state index contributed by atoms with van der Waals surface area (Å²) in [6.45, 7) is 11.0. The standard InChI is InChI=1S/C25H29ClN2O3/c1-15(2)13-28-24(29)22(18-7-10-20(11-8-18)31-14-16(3)4)23(25(28)30)27-19-9-6-17(5)21(26)12-19/h6-12,15-16,27H,13-14H2,1-5H3. The summed E-state index contributed by atoms with van der Waals surface area (Å²) in [6.07, 6.45) is 0. The number of carbonyl (C=O) groups is 2. The van der Waals surface area contributed by atoms with E-state index in [0.29, 0.717) is 40.9 Å². The van der Waals surface area contributed by atoms with E-state index in [2.05, 4.69) is 19.2 Å². The summed E-state index contributed by atoms with van der Waals surface area (Å²) in [4.78, 5) is 27.7. The lowest BCUT2D eigenvalue weighted by atomic mass is 10.0. The van der Waals surface area contributed by atoms with Crippen LogP contribution in [0, 0.1) is 18.8 Å². The van der Waals surface area contributed by atoms with Crippen LogP contribution in [0.4, 0.5) is 5.69 Å². The van der Waals surface area contributed by atoms with Crippen LogP contribution in [0.15, 0.2) is 48.2 Å². The van der Waals surface area contributed by atoms with Gasteiger partial charge in [0.05, 0.1) is 12.2 Å². The van der Waals surface area contributed by atoms with Gasteiger partial charge in [-0.05, 0) is 54.2 Å². The van der Waals surface area contributed by atoms with E-state index >= 15 is 0 Å². The van der Waals surface area contributed by atoms with Crippen LogP contribution in [0.5, 0.6) is 5.75 Å². The molecule has 164 valence electrons. The van der Waals surface area contributed by atoms with E-state index < -0.39 is 0 Å². The number of nitrogens with zero attached hydrogens (tertiary/aromatic N) is 1. The molecule has 0 radical (unpaired) electrons. The third-order valence-electron chi connectivity index (χ3n) is 4.88. The fraction of sp³-hybridized carbons (Fsp3) is 0.360. The number of halogens is 1. The Balaban J connectivity index is 1.98. The van der Waals surface area contributed by atoms with Gasteiger partial charge in [0.1, 0.15) is 11.4 Å². The number of hydrogen-bond donors (Lipinski definition) is 1. The predicted molar refractivity (Wildman–Crippen MR) is 125 cm³/mol. The number of benzene rings is 2. The lowest BCUT2D eigenvalue weighted by molar-refractivity contribution is -0.137. The molecule has 31 heavy (non-hydrogen) atoms. The average Bonchev–Trinajstić information content (AvgIpc) is 2.93. The van der Waals surface area contributed by atoms with Crippen LogP contribution in [0.1, 0.15) is 38.8 Å². The second-order valence-electron chi connectivity index (χ2n) is 8.68. The van der Waals surface area contributed by atoms with Crippen molar-refractivity contribution in [3.05, 3.63) is 64.3 Å². The second-order valence-corrected chi connectivity index (χ2v) is 9.09. The Kier molecular flexibility index (Phi) is 7.06. The second kappa shape index (κ2) is 9.56. The number of carbonyl (C=O) groups excluding carboxylic acids is 2. The van der Waals surface area contributed by atoms with Gasteiger partial charge in [0, 0.05) is 17.3 Å².